The Balaban J connectivity index is 1.89. The lowest BCUT2D eigenvalue weighted by Crippen LogP contribution is -2.17. The first kappa shape index (κ1) is 14.2. The number of hydrogen-bond donors (Lipinski definition) is 1. The molecule has 2 heteroatoms. The van der Waals surface area contributed by atoms with Crippen molar-refractivity contribution in [1.29, 1.82) is 0 Å². The number of rotatable bonds is 7. The molecule has 0 aromatic heterocycles. The lowest BCUT2D eigenvalue weighted by Gasteiger charge is -2.16. The zero-order valence-electron chi connectivity index (χ0n) is 11.9. The quantitative estimate of drug-likeness (QED) is 0.755. The Kier molecular flexibility index (Phi) is 5.24. The molecule has 0 fully saturated rings. The summed E-state index contributed by atoms with van der Waals surface area (Å²) in [5, 5.41) is 3.48. The monoisotopic (exact) mass is 267 g/mol. The van der Waals surface area contributed by atoms with Crippen LogP contribution in [0.5, 0.6) is 5.75 Å². The molecule has 2 aromatic rings. The average molecular weight is 267 g/mol. The molecule has 0 amide bonds. The molecule has 0 spiro atoms. The maximum Gasteiger partial charge on any atom is 0.119 e. The molecule has 0 bridgehead atoms. The SMILES string of the molecule is C=C[C@H](CCc1ccccc1)Nc1ccc(OC)cc1. The normalized spacial score (nSPS) is 11.7. The van der Waals surface area contributed by atoms with Crippen LogP contribution in [0, 0.1) is 0 Å². The minimum atomic E-state index is 0.267. The van der Waals surface area contributed by atoms with Crippen molar-refractivity contribution in [3.63, 3.8) is 0 Å². The average Bonchev–Trinajstić information content (AvgIpc) is 2.53. The van der Waals surface area contributed by atoms with Gasteiger partial charge in [-0.15, -0.1) is 6.58 Å². The van der Waals surface area contributed by atoms with Crippen molar-refractivity contribution in [1.82, 2.24) is 0 Å². The largest absolute Gasteiger partial charge is 0.497 e. The first-order chi connectivity index (χ1) is 9.81. The molecule has 0 radical (unpaired) electrons. The summed E-state index contributed by atoms with van der Waals surface area (Å²) in [5.41, 5.74) is 2.44. The topological polar surface area (TPSA) is 21.3 Å². The molecule has 104 valence electrons. The number of benzene rings is 2. The summed E-state index contributed by atoms with van der Waals surface area (Å²) >= 11 is 0. The molecule has 2 nitrogen and oxygen atoms in total. The van der Waals surface area contributed by atoms with Crippen LogP contribution in [0.15, 0.2) is 67.3 Å². The maximum absolute atomic E-state index is 5.16. The van der Waals surface area contributed by atoms with Crippen LogP contribution < -0.4 is 10.1 Å². The molecule has 1 N–H and O–H groups in total. The molecular weight excluding hydrogens is 246 g/mol. The van der Waals surface area contributed by atoms with E-state index in [0.717, 1.165) is 24.3 Å². The van der Waals surface area contributed by atoms with Gasteiger partial charge in [-0.2, -0.15) is 0 Å². The highest BCUT2D eigenvalue weighted by molar-refractivity contribution is 5.47. The minimum absolute atomic E-state index is 0.267. The highest BCUT2D eigenvalue weighted by atomic mass is 16.5. The molecule has 0 aliphatic heterocycles. The molecule has 0 heterocycles. The lowest BCUT2D eigenvalue weighted by atomic mass is 10.0. The predicted molar refractivity (Wildman–Crippen MR) is 85.4 cm³/mol. The van der Waals surface area contributed by atoms with Crippen LogP contribution in [0.25, 0.3) is 0 Å². The second-order valence-electron chi connectivity index (χ2n) is 4.74. The van der Waals surface area contributed by atoms with Crippen molar-refractivity contribution in [3.05, 3.63) is 72.8 Å². The summed E-state index contributed by atoms with van der Waals surface area (Å²) < 4.78 is 5.16. The Hall–Kier alpha value is -2.22. The van der Waals surface area contributed by atoms with E-state index in [1.165, 1.54) is 5.56 Å². The fraction of sp³-hybridized carbons (Fsp3) is 0.222. The van der Waals surface area contributed by atoms with Gasteiger partial charge in [0, 0.05) is 11.7 Å². The minimum Gasteiger partial charge on any atom is -0.497 e. The lowest BCUT2D eigenvalue weighted by molar-refractivity contribution is 0.415. The Bertz CT molecular complexity index is 519. The molecule has 0 saturated heterocycles. The molecule has 2 aromatic carbocycles. The van der Waals surface area contributed by atoms with Crippen molar-refractivity contribution < 1.29 is 4.74 Å². The zero-order valence-corrected chi connectivity index (χ0v) is 11.9. The van der Waals surface area contributed by atoms with Crippen LogP contribution in [-0.2, 0) is 6.42 Å². The van der Waals surface area contributed by atoms with E-state index >= 15 is 0 Å². The number of nitrogens with one attached hydrogen (secondary N) is 1. The maximum atomic E-state index is 5.16. The van der Waals surface area contributed by atoms with Gasteiger partial charge in [0.2, 0.25) is 0 Å². The Morgan fingerprint density at radius 2 is 1.80 bits per heavy atom. The molecule has 0 aliphatic rings. The number of methoxy groups -OCH3 is 1. The summed E-state index contributed by atoms with van der Waals surface area (Å²) in [4.78, 5) is 0. The van der Waals surface area contributed by atoms with Gasteiger partial charge in [-0.1, -0.05) is 36.4 Å². The smallest absolute Gasteiger partial charge is 0.119 e. The van der Waals surface area contributed by atoms with Gasteiger partial charge in [0.05, 0.1) is 7.11 Å². The Morgan fingerprint density at radius 1 is 1.10 bits per heavy atom. The van der Waals surface area contributed by atoms with E-state index in [4.69, 9.17) is 4.74 Å². The summed E-state index contributed by atoms with van der Waals surface area (Å²) in [7, 11) is 1.68. The fourth-order valence-electron chi connectivity index (χ4n) is 2.12. The first-order valence-electron chi connectivity index (χ1n) is 6.89. The third-order valence-corrected chi connectivity index (χ3v) is 3.31. The first-order valence-corrected chi connectivity index (χ1v) is 6.89. The molecule has 1 atom stereocenters. The third-order valence-electron chi connectivity index (χ3n) is 3.31. The standard InChI is InChI=1S/C18H21NO/c1-3-16(10-9-15-7-5-4-6-8-15)19-17-11-13-18(20-2)14-12-17/h3-8,11-14,16,19H,1,9-10H2,2H3/t16-/m1/s1. The predicted octanol–water partition coefficient (Wildman–Crippen LogP) is 4.29. The van der Waals surface area contributed by atoms with Gasteiger partial charge in [-0.05, 0) is 42.7 Å². The van der Waals surface area contributed by atoms with Crippen LogP contribution in [0.4, 0.5) is 5.69 Å². The van der Waals surface area contributed by atoms with Gasteiger partial charge in [0.25, 0.3) is 0 Å². The fourth-order valence-corrected chi connectivity index (χ4v) is 2.12. The van der Waals surface area contributed by atoms with E-state index in [1.807, 2.05) is 36.4 Å². The van der Waals surface area contributed by atoms with E-state index in [2.05, 4.69) is 36.2 Å². The molecule has 0 unspecified atom stereocenters. The van der Waals surface area contributed by atoms with E-state index in [0.29, 0.717) is 0 Å². The molecule has 2 rings (SSSR count). The Labute approximate surface area is 121 Å². The molecule has 0 saturated carbocycles. The van der Waals surface area contributed by atoms with Gasteiger partial charge >= 0.3 is 0 Å². The van der Waals surface area contributed by atoms with Gasteiger partial charge < -0.3 is 10.1 Å². The zero-order chi connectivity index (χ0) is 14.2. The molecular formula is C18H21NO. The van der Waals surface area contributed by atoms with E-state index in [-0.39, 0.29) is 6.04 Å². The van der Waals surface area contributed by atoms with Crippen LogP contribution in [0.2, 0.25) is 0 Å². The number of hydrogen-bond acceptors (Lipinski definition) is 2. The van der Waals surface area contributed by atoms with E-state index in [1.54, 1.807) is 7.11 Å². The van der Waals surface area contributed by atoms with Gasteiger partial charge in [-0.3, -0.25) is 0 Å². The Morgan fingerprint density at radius 3 is 2.40 bits per heavy atom. The highest BCUT2D eigenvalue weighted by Gasteiger charge is 2.04. The van der Waals surface area contributed by atoms with E-state index < -0.39 is 0 Å². The second kappa shape index (κ2) is 7.39. The molecule has 0 aliphatic carbocycles. The number of aryl methyl sites for hydroxylation is 1. The van der Waals surface area contributed by atoms with Crippen molar-refractivity contribution >= 4 is 5.69 Å². The van der Waals surface area contributed by atoms with Gasteiger partial charge in [0.1, 0.15) is 5.75 Å². The van der Waals surface area contributed by atoms with Gasteiger partial charge in [0.15, 0.2) is 0 Å². The van der Waals surface area contributed by atoms with Crippen LogP contribution >= 0.6 is 0 Å². The van der Waals surface area contributed by atoms with E-state index in [9.17, 15) is 0 Å². The van der Waals surface area contributed by atoms with Crippen molar-refractivity contribution in [2.24, 2.45) is 0 Å². The van der Waals surface area contributed by atoms with Crippen LogP contribution in [0.1, 0.15) is 12.0 Å². The van der Waals surface area contributed by atoms with Gasteiger partial charge in [-0.25, -0.2) is 0 Å². The summed E-state index contributed by atoms with van der Waals surface area (Å²) in [6.07, 6.45) is 4.04. The second-order valence-corrected chi connectivity index (χ2v) is 4.74. The highest BCUT2D eigenvalue weighted by Crippen LogP contribution is 2.17. The van der Waals surface area contributed by atoms with Crippen molar-refractivity contribution in [2.45, 2.75) is 18.9 Å². The molecule has 20 heavy (non-hydrogen) atoms. The summed E-state index contributed by atoms with van der Waals surface area (Å²) in [6.45, 7) is 3.92. The summed E-state index contributed by atoms with van der Waals surface area (Å²) in [6, 6.07) is 18.8. The van der Waals surface area contributed by atoms with Crippen molar-refractivity contribution in [2.75, 3.05) is 12.4 Å². The number of anilines is 1. The number of ether oxygens (including phenoxy) is 1. The van der Waals surface area contributed by atoms with Crippen molar-refractivity contribution in [3.8, 4) is 5.75 Å². The summed E-state index contributed by atoms with van der Waals surface area (Å²) in [5.74, 6) is 0.870. The third kappa shape index (κ3) is 4.16. The van der Waals surface area contributed by atoms with Crippen LogP contribution in [-0.4, -0.2) is 13.2 Å². The van der Waals surface area contributed by atoms with Crippen LogP contribution in [0.3, 0.4) is 0 Å².